The van der Waals surface area contributed by atoms with Gasteiger partial charge in [-0.25, -0.2) is 0 Å². The molecule has 0 fully saturated rings. The summed E-state index contributed by atoms with van der Waals surface area (Å²) in [6.45, 7) is 2.10. The van der Waals surface area contributed by atoms with Crippen molar-refractivity contribution in [2.75, 3.05) is 25.3 Å². The Kier molecular flexibility index (Phi) is 7.81. The highest BCUT2D eigenvalue weighted by atomic mass is 35.5. The Morgan fingerprint density at radius 2 is 1.62 bits per heavy atom. The molecule has 0 saturated carbocycles. The van der Waals surface area contributed by atoms with Gasteiger partial charge in [-0.2, -0.15) is 0 Å². The van der Waals surface area contributed by atoms with Gasteiger partial charge in [0, 0.05) is 51.8 Å². The second-order valence-corrected chi connectivity index (χ2v) is 7.53. The number of aryl methyl sites for hydroxylation is 1. The van der Waals surface area contributed by atoms with Crippen LogP contribution in [0.5, 0.6) is 17.2 Å². The molecule has 0 aliphatic heterocycles. The quantitative estimate of drug-likeness (QED) is 0.368. The maximum absolute atomic E-state index is 13.1. The number of anilines is 2. The number of ether oxygens (including phenoxy) is 3. The van der Waals surface area contributed by atoms with E-state index in [4.69, 9.17) is 19.9 Å². The lowest BCUT2D eigenvalue weighted by Crippen LogP contribution is -2.15. The van der Waals surface area contributed by atoms with Gasteiger partial charge in [0.05, 0.1) is 19.7 Å². The molecule has 7 nitrogen and oxygen atoms in total. The smallest absolute Gasteiger partial charge is 0.256 e. The van der Waals surface area contributed by atoms with E-state index >= 15 is 0 Å². The lowest BCUT2D eigenvalue weighted by molar-refractivity contribution is 0.102. The van der Waals surface area contributed by atoms with Crippen molar-refractivity contribution < 1.29 is 19.0 Å². The minimum absolute atomic E-state index is 0. The minimum atomic E-state index is -0.240. The number of carbonyl (C=O) groups is 1. The standard InChI is InChI=1S/C26H25N3O4.ClH/c1-16-10-24(27)23-11-18(8-9-25(23)28-16)29-26(30)22-7-5-4-6-17(22)15-33-21-13-19(31-2)12-20(14-21)32-3;/h4-14H,15H2,1-3H3,(H2,27,28)(H,29,30);1H. The van der Waals surface area contributed by atoms with E-state index in [1.165, 1.54) is 0 Å². The number of fused-ring (bicyclic) bond motifs is 1. The molecule has 8 heteroatoms. The molecule has 176 valence electrons. The van der Waals surface area contributed by atoms with Crippen LogP contribution in [0.4, 0.5) is 11.4 Å². The molecule has 3 aromatic carbocycles. The monoisotopic (exact) mass is 479 g/mol. The van der Waals surface area contributed by atoms with Crippen LogP contribution in [-0.4, -0.2) is 25.1 Å². The number of pyridine rings is 1. The van der Waals surface area contributed by atoms with Crippen LogP contribution in [0.1, 0.15) is 21.6 Å². The van der Waals surface area contributed by atoms with E-state index < -0.39 is 0 Å². The largest absolute Gasteiger partial charge is 0.496 e. The van der Waals surface area contributed by atoms with Crippen molar-refractivity contribution in [3.63, 3.8) is 0 Å². The average molecular weight is 480 g/mol. The molecule has 0 aliphatic carbocycles. The number of hydrogen-bond acceptors (Lipinski definition) is 6. The predicted molar refractivity (Wildman–Crippen MR) is 136 cm³/mol. The first-order valence-corrected chi connectivity index (χ1v) is 10.4. The Morgan fingerprint density at radius 1 is 0.941 bits per heavy atom. The second-order valence-electron chi connectivity index (χ2n) is 7.53. The first-order valence-electron chi connectivity index (χ1n) is 10.4. The van der Waals surface area contributed by atoms with E-state index in [9.17, 15) is 4.79 Å². The van der Waals surface area contributed by atoms with Gasteiger partial charge in [0.25, 0.3) is 5.91 Å². The molecule has 0 spiro atoms. The van der Waals surface area contributed by atoms with Gasteiger partial charge in [-0.1, -0.05) is 18.2 Å². The number of aromatic nitrogens is 1. The fourth-order valence-corrected chi connectivity index (χ4v) is 3.56. The van der Waals surface area contributed by atoms with Gasteiger partial charge in [0.2, 0.25) is 0 Å². The number of methoxy groups -OCH3 is 2. The zero-order valence-electron chi connectivity index (χ0n) is 19.1. The molecule has 0 bridgehead atoms. The fraction of sp³-hybridized carbons (Fsp3) is 0.154. The highest BCUT2D eigenvalue weighted by Gasteiger charge is 2.13. The number of nitrogens with zero attached hydrogens (tertiary/aromatic N) is 1. The first-order chi connectivity index (χ1) is 16.0. The zero-order valence-corrected chi connectivity index (χ0v) is 19.9. The molecule has 4 aromatic rings. The third-order valence-corrected chi connectivity index (χ3v) is 5.21. The van der Waals surface area contributed by atoms with Crippen LogP contribution in [0, 0.1) is 6.92 Å². The van der Waals surface area contributed by atoms with Crippen molar-refractivity contribution >= 4 is 40.6 Å². The van der Waals surface area contributed by atoms with Crippen LogP contribution < -0.4 is 25.3 Å². The Morgan fingerprint density at radius 3 is 2.32 bits per heavy atom. The summed E-state index contributed by atoms with van der Waals surface area (Å²) in [5, 5.41) is 3.74. The van der Waals surface area contributed by atoms with Crippen LogP contribution in [-0.2, 0) is 6.61 Å². The molecule has 0 aliphatic rings. The molecule has 1 aromatic heterocycles. The molecule has 0 radical (unpaired) electrons. The van der Waals surface area contributed by atoms with E-state index in [-0.39, 0.29) is 24.9 Å². The number of rotatable bonds is 7. The van der Waals surface area contributed by atoms with Gasteiger partial charge in [0.15, 0.2) is 0 Å². The highest BCUT2D eigenvalue weighted by Crippen LogP contribution is 2.28. The van der Waals surface area contributed by atoms with Crippen LogP contribution in [0.25, 0.3) is 10.9 Å². The molecule has 0 atom stereocenters. The summed E-state index contributed by atoms with van der Waals surface area (Å²) in [5.74, 6) is 1.58. The maximum Gasteiger partial charge on any atom is 0.256 e. The summed E-state index contributed by atoms with van der Waals surface area (Å²) in [6.07, 6.45) is 0. The third kappa shape index (κ3) is 5.50. The molecule has 3 N–H and O–H groups in total. The van der Waals surface area contributed by atoms with E-state index in [1.54, 1.807) is 38.5 Å². The van der Waals surface area contributed by atoms with Crippen LogP contribution in [0.2, 0.25) is 0 Å². The lowest BCUT2D eigenvalue weighted by atomic mass is 10.1. The minimum Gasteiger partial charge on any atom is -0.496 e. The third-order valence-electron chi connectivity index (χ3n) is 5.21. The van der Waals surface area contributed by atoms with Crippen LogP contribution >= 0.6 is 12.4 Å². The molecule has 1 amide bonds. The Bertz CT molecular complexity index is 1300. The Hall–Kier alpha value is -3.97. The predicted octanol–water partition coefficient (Wildman–Crippen LogP) is 5.40. The van der Waals surface area contributed by atoms with E-state index in [2.05, 4.69) is 10.3 Å². The molecule has 0 unspecified atom stereocenters. The van der Waals surface area contributed by atoms with Gasteiger partial charge < -0.3 is 25.3 Å². The number of benzene rings is 3. The number of hydrogen-bond donors (Lipinski definition) is 2. The summed E-state index contributed by atoms with van der Waals surface area (Å²) in [5.41, 5.74) is 10.3. The van der Waals surface area contributed by atoms with Crippen molar-refractivity contribution in [3.8, 4) is 17.2 Å². The van der Waals surface area contributed by atoms with E-state index in [1.807, 2.05) is 49.4 Å². The molecule has 1 heterocycles. The second kappa shape index (κ2) is 10.8. The number of halogens is 1. The van der Waals surface area contributed by atoms with Gasteiger partial charge in [-0.05, 0) is 37.3 Å². The fourth-order valence-electron chi connectivity index (χ4n) is 3.56. The lowest BCUT2D eigenvalue weighted by Gasteiger charge is -2.13. The highest BCUT2D eigenvalue weighted by molar-refractivity contribution is 6.06. The van der Waals surface area contributed by atoms with Crippen molar-refractivity contribution in [2.24, 2.45) is 0 Å². The van der Waals surface area contributed by atoms with Gasteiger partial charge in [-0.3, -0.25) is 9.78 Å². The molecule has 34 heavy (non-hydrogen) atoms. The zero-order chi connectivity index (χ0) is 23.4. The van der Waals surface area contributed by atoms with Crippen molar-refractivity contribution in [1.82, 2.24) is 4.98 Å². The maximum atomic E-state index is 13.1. The SMILES string of the molecule is COc1cc(OC)cc(OCc2ccccc2C(=O)Nc2ccc3nc(C)cc(N)c3c2)c1.Cl. The van der Waals surface area contributed by atoms with Crippen molar-refractivity contribution in [3.05, 3.63) is 83.6 Å². The summed E-state index contributed by atoms with van der Waals surface area (Å²) >= 11 is 0. The van der Waals surface area contributed by atoms with Gasteiger partial charge in [0.1, 0.15) is 23.9 Å². The number of nitrogens with one attached hydrogen (secondary N) is 1. The number of nitrogen functional groups attached to an aromatic ring is 1. The van der Waals surface area contributed by atoms with Crippen LogP contribution in [0.3, 0.4) is 0 Å². The first kappa shape index (κ1) is 24.7. The van der Waals surface area contributed by atoms with Gasteiger partial charge in [-0.15, -0.1) is 12.4 Å². The van der Waals surface area contributed by atoms with Crippen molar-refractivity contribution in [1.29, 1.82) is 0 Å². The number of amides is 1. The summed E-state index contributed by atoms with van der Waals surface area (Å²) in [4.78, 5) is 17.5. The molecular weight excluding hydrogens is 454 g/mol. The number of nitrogens with two attached hydrogens (primary N) is 1. The normalized spacial score (nSPS) is 10.3. The summed E-state index contributed by atoms with van der Waals surface area (Å²) < 4.78 is 16.5. The molecule has 0 saturated heterocycles. The van der Waals surface area contributed by atoms with E-state index in [0.29, 0.717) is 34.2 Å². The average Bonchev–Trinajstić information content (AvgIpc) is 2.83. The number of carbonyl (C=O) groups excluding carboxylic acids is 1. The van der Waals surface area contributed by atoms with E-state index in [0.717, 1.165) is 22.2 Å². The summed E-state index contributed by atoms with van der Waals surface area (Å²) in [6, 6.07) is 19.9. The molecular formula is C26H26ClN3O4. The molecule has 4 rings (SSSR count). The van der Waals surface area contributed by atoms with Crippen LogP contribution in [0.15, 0.2) is 66.7 Å². The Balaban J connectivity index is 0.00000324. The van der Waals surface area contributed by atoms with Crippen molar-refractivity contribution in [2.45, 2.75) is 13.5 Å². The Labute approximate surface area is 204 Å². The topological polar surface area (TPSA) is 95.7 Å². The summed E-state index contributed by atoms with van der Waals surface area (Å²) in [7, 11) is 3.16. The van der Waals surface area contributed by atoms with Gasteiger partial charge >= 0.3 is 0 Å².